The van der Waals surface area contributed by atoms with Crippen molar-refractivity contribution >= 4 is 39.2 Å². The summed E-state index contributed by atoms with van der Waals surface area (Å²) in [6.07, 6.45) is 1.83. The zero-order valence-electron chi connectivity index (χ0n) is 13.6. The molecule has 0 spiro atoms. The summed E-state index contributed by atoms with van der Waals surface area (Å²) < 4.78 is 12.0. The van der Waals surface area contributed by atoms with Crippen LogP contribution in [0.25, 0.3) is 11.6 Å². The van der Waals surface area contributed by atoms with Crippen molar-refractivity contribution in [3.05, 3.63) is 57.0 Å². The van der Waals surface area contributed by atoms with Crippen LogP contribution in [0.15, 0.2) is 40.9 Å². The van der Waals surface area contributed by atoms with Crippen LogP contribution < -0.4 is 9.47 Å². The molecular weight excluding hydrogens is 390 g/mol. The molecule has 0 fully saturated rings. The Morgan fingerprint density at radius 2 is 1.92 bits per heavy atom. The van der Waals surface area contributed by atoms with Crippen molar-refractivity contribution in [1.29, 1.82) is 5.26 Å². The smallest absolute Gasteiger partial charge is 0.175 e. The van der Waals surface area contributed by atoms with E-state index in [9.17, 15) is 5.26 Å². The Morgan fingerprint density at radius 3 is 2.46 bits per heavy atom. The van der Waals surface area contributed by atoms with Gasteiger partial charge < -0.3 is 9.47 Å². The molecule has 5 heteroatoms. The van der Waals surface area contributed by atoms with Gasteiger partial charge in [-0.1, -0.05) is 23.7 Å². The van der Waals surface area contributed by atoms with Crippen LogP contribution in [0.5, 0.6) is 11.5 Å². The number of hydrogen-bond donors (Lipinski definition) is 0. The van der Waals surface area contributed by atoms with Crippen molar-refractivity contribution in [2.24, 2.45) is 0 Å². The highest BCUT2D eigenvalue weighted by Gasteiger charge is 2.13. The monoisotopic (exact) mass is 405 g/mol. The third-order valence-electron chi connectivity index (χ3n) is 3.19. The van der Waals surface area contributed by atoms with E-state index in [1.807, 2.05) is 38.1 Å². The fourth-order valence-corrected chi connectivity index (χ4v) is 2.83. The van der Waals surface area contributed by atoms with Gasteiger partial charge in [0, 0.05) is 5.02 Å². The average molecular weight is 407 g/mol. The molecule has 0 radical (unpaired) electrons. The molecule has 24 heavy (non-hydrogen) atoms. The first kappa shape index (κ1) is 18.4. The second kappa shape index (κ2) is 8.23. The van der Waals surface area contributed by atoms with Gasteiger partial charge in [-0.3, -0.25) is 0 Å². The SMILES string of the molecule is COc1cc(/C=C(\C#N)c2ccc(Cl)cc2)cc(Br)c1OC(C)C. The molecule has 0 saturated heterocycles. The average Bonchev–Trinajstić information content (AvgIpc) is 2.55. The lowest BCUT2D eigenvalue weighted by molar-refractivity contribution is 0.228. The predicted molar refractivity (Wildman–Crippen MR) is 101 cm³/mol. The van der Waals surface area contributed by atoms with Gasteiger partial charge in [-0.2, -0.15) is 5.26 Å². The van der Waals surface area contributed by atoms with Crippen LogP contribution in [0, 0.1) is 11.3 Å². The van der Waals surface area contributed by atoms with Gasteiger partial charge in [0.2, 0.25) is 0 Å². The fraction of sp³-hybridized carbons (Fsp3) is 0.211. The largest absolute Gasteiger partial charge is 0.493 e. The standard InChI is InChI=1S/C19H17BrClNO2/c1-12(2)24-19-17(20)9-13(10-18(19)23-3)8-15(11-22)14-4-6-16(21)7-5-14/h4-10,12H,1-3H3/b15-8+. The molecule has 0 saturated carbocycles. The van der Waals surface area contributed by atoms with E-state index in [0.717, 1.165) is 15.6 Å². The van der Waals surface area contributed by atoms with Crippen molar-refractivity contribution in [3.63, 3.8) is 0 Å². The van der Waals surface area contributed by atoms with E-state index in [2.05, 4.69) is 22.0 Å². The molecule has 0 N–H and O–H groups in total. The Hall–Kier alpha value is -1.96. The Bertz CT molecular complexity index is 792. The highest BCUT2D eigenvalue weighted by Crippen LogP contribution is 2.38. The lowest BCUT2D eigenvalue weighted by atomic mass is 10.0. The molecule has 0 aliphatic carbocycles. The number of nitriles is 1. The zero-order chi connectivity index (χ0) is 17.7. The Balaban J connectivity index is 2.46. The van der Waals surface area contributed by atoms with E-state index in [1.165, 1.54) is 0 Å². The van der Waals surface area contributed by atoms with Crippen LogP contribution in [0.1, 0.15) is 25.0 Å². The van der Waals surface area contributed by atoms with Gasteiger partial charge >= 0.3 is 0 Å². The van der Waals surface area contributed by atoms with Crippen LogP contribution >= 0.6 is 27.5 Å². The highest BCUT2D eigenvalue weighted by molar-refractivity contribution is 9.10. The quantitative estimate of drug-likeness (QED) is 0.454. The van der Waals surface area contributed by atoms with Gasteiger partial charge in [0.05, 0.1) is 29.3 Å². The summed E-state index contributed by atoms with van der Waals surface area (Å²) in [5, 5.41) is 10.1. The van der Waals surface area contributed by atoms with Gasteiger partial charge in [-0.05, 0) is 71.2 Å². The summed E-state index contributed by atoms with van der Waals surface area (Å²) in [6, 6.07) is 13.1. The third-order valence-corrected chi connectivity index (χ3v) is 4.03. The highest BCUT2D eigenvalue weighted by atomic mass is 79.9. The van der Waals surface area contributed by atoms with Gasteiger partial charge in [-0.15, -0.1) is 0 Å². The maximum atomic E-state index is 9.46. The molecule has 0 amide bonds. The number of hydrogen-bond acceptors (Lipinski definition) is 3. The van der Waals surface area contributed by atoms with Gasteiger partial charge in [0.1, 0.15) is 0 Å². The molecule has 0 aliphatic heterocycles. The molecule has 2 rings (SSSR count). The maximum Gasteiger partial charge on any atom is 0.175 e. The number of ether oxygens (including phenoxy) is 2. The normalized spacial score (nSPS) is 11.3. The molecule has 0 unspecified atom stereocenters. The Kier molecular flexibility index (Phi) is 6.30. The summed E-state index contributed by atoms with van der Waals surface area (Å²) in [7, 11) is 1.59. The van der Waals surface area contributed by atoms with Gasteiger partial charge in [-0.25, -0.2) is 0 Å². The van der Waals surface area contributed by atoms with E-state index >= 15 is 0 Å². The van der Waals surface area contributed by atoms with Crippen molar-refractivity contribution in [3.8, 4) is 17.6 Å². The van der Waals surface area contributed by atoms with Crippen molar-refractivity contribution in [2.45, 2.75) is 20.0 Å². The number of methoxy groups -OCH3 is 1. The van der Waals surface area contributed by atoms with E-state index in [0.29, 0.717) is 22.1 Å². The fourth-order valence-electron chi connectivity index (χ4n) is 2.15. The minimum Gasteiger partial charge on any atom is -0.493 e. The minimum atomic E-state index is 0.0281. The molecule has 124 valence electrons. The summed E-state index contributed by atoms with van der Waals surface area (Å²) in [6.45, 7) is 3.90. The Morgan fingerprint density at radius 1 is 1.25 bits per heavy atom. The summed E-state index contributed by atoms with van der Waals surface area (Å²) in [5.41, 5.74) is 2.18. The predicted octanol–water partition coefficient (Wildman–Crippen LogP) is 5.96. The second-order valence-corrected chi connectivity index (χ2v) is 6.67. The number of benzene rings is 2. The molecule has 3 nitrogen and oxygen atoms in total. The second-order valence-electron chi connectivity index (χ2n) is 5.38. The van der Waals surface area contributed by atoms with Crippen LogP contribution in [-0.4, -0.2) is 13.2 Å². The Labute approximate surface area is 155 Å². The van der Waals surface area contributed by atoms with Crippen LogP contribution in [0.2, 0.25) is 5.02 Å². The molecular formula is C19H17BrClNO2. The van der Waals surface area contributed by atoms with Crippen LogP contribution in [0.3, 0.4) is 0 Å². The van der Waals surface area contributed by atoms with Crippen LogP contribution in [-0.2, 0) is 0 Å². The number of halogens is 2. The number of rotatable bonds is 5. The minimum absolute atomic E-state index is 0.0281. The molecule has 0 aliphatic rings. The maximum absolute atomic E-state index is 9.46. The molecule has 2 aromatic rings. The number of nitrogens with zero attached hydrogens (tertiary/aromatic N) is 1. The van der Waals surface area contributed by atoms with Crippen molar-refractivity contribution in [1.82, 2.24) is 0 Å². The number of allylic oxidation sites excluding steroid dienone is 1. The van der Waals surface area contributed by atoms with Gasteiger partial charge in [0.25, 0.3) is 0 Å². The van der Waals surface area contributed by atoms with E-state index < -0.39 is 0 Å². The lowest BCUT2D eigenvalue weighted by Gasteiger charge is -2.16. The summed E-state index contributed by atoms with van der Waals surface area (Å²) in [4.78, 5) is 0. The first-order chi connectivity index (χ1) is 11.4. The molecule has 0 aromatic heterocycles. The molecule has 2 aromatic carbocycles. The van der Waals surface area contributed by atoms with Crippen LogP contribution in [0.4, 0.5) is 0 Å². The molecule has 0 bridgehead atoms. The molecule has 0 heterocycles. The van der Waals surface area contributed by atoms with E-state index in [1.54, 1.807) is 25.3 Å². The summed E-state index contributed by atoms with van der Waals surface area (Å²) >= 11 is 9.41. The van der Waals surface area contributed by atoms with Gasteiger partial charge in [0.15, 0.2) is 11.5 Å². The van der Waals surface area contributed by atoms with E-state index in [-0.39, 0.29) is 6.10 Å². The zero-order valence-corrected chi connectivity index (χ0v) is 16.0. The molecule has 0 atom stereocenters. The summed E-state index contributed by atoms with van der Waals surface area (Å²) in [5.74, 6) is 1.26. The first-order valence-corrected chi connectivity index (χ1v) is 8.53. The van der Waals surface area contributed by atoms with Crippen molar-refractivity contribution in [2.75, 3.05) is 7.11 Å². The van der Waals surface area contributed by atoms with E-state index in [4.69, 9.17) is 21.1 Å². The third kappa shape index (κ3) is 4.53. The topological polar surface area (TPSA) is 42.2 Å². The first-order valence-electron chi connectivity index (χ1n) is 7.36. The lowest BCUT2D eigenvalue weighted by Crippen LogP contribution is -2.07. The van der Waals surface area contributed by atoms with Crippen molar-refractivity contribution < 1.29 is 9.47 Å².